The van der Waals surface area contributed by atoms with E-state index in [1.807, 2.05) is 27.7 Å². The van der Waals surface area contributed by atoms with Crippen LogP contribution in [0.2, 0.25) is 6.32 Å². The van der Waals surface area contributed by atoms with Crippen LogP contribution in [0.1, 0.15) is 66.2 Å². The maximum Gasteiger partial charge on any atom is 0.457 e. The number of unbranched alkanes of at least 4 members (excludes halogenated alkanes) is 1. The Morgan fingerprint density at radius 2 is 1.82 bits per heavy atom. The van der Waals surface area contributed by atoms with Crippen LogP contribution >= 0.6 is 0 Å². The van der Waals surface area contributed by atoms with Crippen molar-refractivity contribution in [3.05, 3.63) is 0 Å². The zero-order valence-electron chi connectivity index (χ0n) is 14.4. The molecule has 5 nitrogen and oxygen atoms in total. The van der Waals surface area contributed by atoms with Gasteiger partial charge in [0.05, 0.1) is 16.6 Å². The molecule has 0 unspecified atom stereocenters. The van der Waals surface area contributed by atoms with Gasteiger partial charge in [0.1, 0.15) is 0 Å². The van der Waals surface area contributed by atoms with E-state index in [-0.39, 0.29) is 24.4 Å². The average Bonchev–Trinajstić information content (AvgIpc) is 2.85. The van der Waals surface area contributed by atoms with Crippen LogP contribution in [-0.4, -0.2) is 35.4 Å². The normalized spacial score (nSPS) is 33.3. The van der Waals surface area contributed by atoms with E-state index in [0.717, 1.165) is 25.6 Å². The lowest BCUT2D eigenvalue weighted by atomic mass is 9.77. The second-order valence-corrected chi connectivity index (χ2v) is 8.02. The Morgan fingerprint density at radius 1 is 1.23 bits per heavy atom. The van der Waals surface area contributed by atoms with E-state index in [4.69, 9.17) is 15.0 Å². The molecule has 2 atom stereocenters. The van der Waals surface area contributed by atoms with Gasteiger partial charge in [-0.25, -0.2) is 0 Å². The Hall–Kier alpha value is -0.585. The van der Waals surface area contributed by atoms with Crippen molar-refractivity contribution >= 4 is 13.1 Å². The minimum Gasteiger partial charge on any atom is -0.481 e. The second-order valence-electron chi connectivity index (χ2n) is 8.02. The zero-order chi connectivity index (χ0) is 16.6. The predicted molar refractivity (Wildman–Crippen MR) is 86.6 cm³/mol. The summed E-state index contributed by atoms with van der Waals surface area (Å²) >= 11 is 0. The van der Waals surface area contributed by atoms with Crippen molar-refractivity contribution < 1.29 is 19.2 Å². The van der Waals surface area contributed by atoms with E-state index in [1.165, 1.54) is 0 Å². The fourth-order valence-electron chi connectivity index (χ4n) is 3.55. The van der Waals surface area contributed by atoms with E-state index in [1.54, 1.807) is 0 Å². The topological polar surface area (TPSA) is 81.8 Å². The molecule has 2 fully saturated rings. The van der Waals surface area contributed by atoms with E-state index in [0.29, 0.717) is 19.3 Å². The third kappa shape index (κ3) is 3.49. The number of carboxylic acid groups (broad SMARTS) is 1. The van der Waals surface area contributed by atoms with Crippen molar-refractivity contribution in [3.63, 3.8) is 0 Å². The van der Waals surface area contributed by atoms with Gasteiger partial charge in [-0.15, -0.1) is 0 Å². The maximum absolute atomic E-state index is 11.6. The standard InChI is InChI=1S/C16H30BNO4/c1-14(2)15(3,4)22-17(21-14)10-6-5-8-16(13(19)20)9-7-12(18)11-16/h12H,5-11,18H2,1-4H3,(H,19,20)/t12-,16-/m1/s1. The van der Waals surface area contributed by atoms with Crippen LogP contribution in [0.5, 0.6) is 0 Å². The van der Waals surface area contributed by atoms with E-state index in [2.05, 4.69) is 0 Å². The molecule has 3 N–H and O–H groups in total. The highest BCUT2D eigenvalue weighted by Crippen LogP contribution is 2.43. The van der Waals surface area contributed by atoms with Crippen molar-refractivity contribution in [1.29, 1.82) is 0 Å². The largest absolute Gasteiger partial charge is 0.481 e. The summed E-state index contributed by atoms with van der Waals surface area (Å²) in [6.45, 7) is 8.19. The summed E-state index contributed by atoms with van der Waals surface area (Å²) in [5.74, 6) is -0.684. The predicted octanol–water partition coefficient (Wildman–Crippen LogP) is 2.83. The first-order valence-corrected chi connectivity index (χ1v) is 8.43. The lowest BCUT2D eigenvalue weighted by Gasteiger charge is -2.32. The smallest absolute Gasteiger partial charge is 0.457 e. The van der Waals surface area contributed by atoms with Gasteiger partial charge in [0, 0.05) is 6.04 Å². The fourth-order valence-corrected chi connectivity index (χ4v) is 3.55. The molecule has 6 heteroatoms. The van der Waals surface area contributed by atoms with Crippen LogP contribution in [0.3, 0.4) is 0 Å². The summed E-state index contributed by atoms with van der Waals surface area (Å²) in [6.07, 6.45) is 5.46. The van der Waals surface area contributed by atoms with Crippen LogP contribution in [-0.2, 0) is 14.1 Å². The quantitative estimate of drug-likeness (QED) is 0.582. The molecule has 1 heterocycles. The number of nitrogens with two attached hydrogens (primary N) is 1. The van der Waals surface area contributed by atoms with Crippen LogP contribution < -0.4 is 5.73 Å². The van der Waals surface area contributed by atoms with Crippen LogP contribution in [0, 0.1) is 5.41 Å². The Kier molecular flexibility index (Phi) is 4.95. The molecule has 0 spiro atoms. The van der Waals surface area contributed by atoms with Gasteiger partial charge in [-0.1, -0.05) is 12.8 Å². The first-order chi connectivity index (χ1) is 10.1. The van der Waals surface area contributed by atoms with E-state index in [9.17, 15) is 9.90 Å². The van der Waals surface area contributed by atoms with Crippen LogP contribution in [0.15, 0.2) is 0 Å². The Labute approximate surface area is 134 Å². The first-order valence-electron chi connectivity index (χ1n) is 8.43. The van der Waals surface area contributed by atoms with Gasteiger partial charge in [0.2, 0.25) is 0 Å². The van der Waals surface area contributed by atoms with Gasteiger partial charge in [-0.3, -0.25) is 4.79 Å². The molecular weight excluding hydrogens is 281 g/mol. The zero-order valence-corrected chi connectivity index (χ0v) is 14.4. The lowest BCUT2D eigenvalue weighted by Crippen LogP contribution is -2.41. The van der Waals surface area contributed by atoms with Crippen LogP contribution in [0.25, 0.3) is 0 Å². The maximum atomic E-state index is 11.6. The third-order valence-corrected chi connectivity index (χ3v) is 5.75. The summed E-state index contributed by atoms with van der Waals surface area (Å²) < 4.78 is 11.9. The molecule has 2 aliphatic rings. The molecule has 1 aliphatic heterocycles. The molecule has 0 bridgehead atoms. The molecule has 0 amide bonds. The Balaban J connectivity index is 1.77. The number of carbonyl (C=O) groups is 1. The monoisotopic (exact) mass is 311 g/mol. The van der Waals surface area contributed by atoms with Crippen molar-refractivity contribution in [2.45, 2.75) is 89.8 Å². The molecule has 126 valence electrons. The number of hydrogen-bond acceptors (Lipinski definition) is 4. The highest BCUT2D eigenvalue weighted by atomic mass is 16.7. The molecule has 2 rings (SSSR count). The number of aliphatic carboxylic acids is 1. The minimum atomic E-state index is -0.684. The summed E-state index contributed by atoms with van der Waals surface area (Å²) in [7, 11) is -0.184. The summed E-state index contributed by atoms with van der Waals surface area (Å²) in [5.41, 5.74) is 4.72. The molecule has 1 saturated carbocycles. The number of hydrogen-bond donors (Lipinski definition) is 2. The Morgan fingerprint density at radius 3 is 2.27 bits per heavy atom. The number of rotatable bonds is 6. The van der Waals surface area contributed by atoms with Gasteiger partial charge in [0.15, 0.2) is 0 Å². The van der Waals surface area contributed by atoms with E-state index < -0.39 is 11.4 Å². The van der Waals surface area contributed by atoms with Gasteiger partial charge in [-0.05, 0) is 59.7 Å². The summed E-state index contributed by atoms with van der Waals surface area (Å²) in [4.78, 5) is 11.6. The molecule has 0 aromatic heterocycles. The molecule has 1 aliphatic carbocycles. The van der Waals surface area contributed by atoms with Crippen LogP contribution in [0.4, 0.5) is 0 Å². The Bertz CT molecular complexity index is 410. The van der Waals surface area contributed by atoms with E-state index >= 15 is 0 Å². The average molecular weight is 311 g/mol. The third-order valence-electron chi connectivity index (χ3n) is 5.75. The highest BCUT2D eigenvalue weighted by Gasteiger charge is 2.50. The molecule has 22 heavy (non-hydrogen) atoms. The van der Waals surface area contributed by atoms with Gasteiger partial charge in [-0.2, -0.15) is 0 Å². The number of carboxylic acids is 1. The van der Waals surface area contributed by atoms with Crippen molar-refractivity contribution in [3.8, 4) is 0 Å². The van der Waals surface area contributed by atoms with Crippen molar-refractivity contribution in [2.24, 2.45) is 11.1 Å². The molecule has 1 saturated heterocycles. The fraction of sp³-hybridized carbons (Fsp3) is 0.938. The second kappa shape index (κ2) is 6.14. The van der Waals surface area contributed by atoms with Gasteiger partial charge in [0.25, 0.3) is 0 Å². The molecule has 0 radical (unpaired) electrons. The SMILES string of the molecule is CC1(C)OB(CCCC[C@@]2(C(=O)O)CC[C@@H](N)C2)OC1(C)C. The molecule has 0 aromatic rings. The van der Waals surface area contributed by atoms with Gasteiger partial charge < -0.3 is 20.1 Å². The summed E-state index contributed by atoms with van der Waals surface area (Å²) in [6, 6.07) is 0.0409. The molecule has 0 aromatic carbocycles. The van der Waals surface area contributed by atoms with Crippen molar-refractivity contribution in [1.82, 2.24) is 0 Å². The van der Waals surface area contributed by atoms with Crippen molar-refractivity contribution in [2.75, 3.05) is 0 Å². The first kappa shape index (κ1) is 17.8. The molecular formula is C16H30BNO4. The highest BCUT2D eigenvalue weighted by molar-refractivity contribution is 6.45. The minimum absolute atomic E-state index is 0.0409. The summed E-state index contributed by atoms with van der Waals surface area (Å²) in [5, 5.41) is 9.52. The van der Waals surface area contributed by atoms with Gasteiger partial charge >= 0.3 is 13.1 Å². The lowest BCUT2D eigenvalue weighted by molar-refractivity contribution is -0.149.